The third kappa shape index (κ3) is 4.27. The summed E-state index contributed by atoms with van der Waals surface area (Å²) in [5.41, 5.74) is 1.06. The Morgan fingerprint density at radius 1 is 1.30 bits per heavy atom. The molecule has 23 heavy (non-hydrogen) atoms. The molecule has 2 aliphatic heterocycles. The largest absolute Gasteiger partial charge is 0.486 e. The molecule has 1 saturated heterocycles. The van der Waals surface area contributed by atoms with Gasteiger partial charge in [-0.05, 0) is 36.5 Å². The van der Waals surface area contributed by atoms with E-state index in [0.717, 1.165) is 43.2 Å². The van der Waals surface area contributed by atoms with Gasteiger partial charge in [0, 0.05) is 18.8 Å². The van der Waals surface area contributed by atoms with E-state index in [1.165, 1.54) is 0 Å². The lowest BCUT2D eigenvalue weighted by atomic mass is 9.99. The van der Waals surface area contributed by atoms with Crippen molar-refractivity contribution in [2.24, 2.45) is 5.92 Å². The second kappa shape index (κ2) is 7.67. The maximum Gasteiger partial charge on any atom is 0.232 e. The van der Waals surface area contributed by atoms with E-state index in [1.807, 2.05) is 17.0 Å². The molecule has 0 radical (unpaired) electrons. The second-order valence-corrected chi connectivity index (χ2v) is 7.55. The van der Waals surface area contributed by atoms with Crippen LogP contribution in [0.1, 0.15) is 25.3 Å². The molecular weight excluding hydrogens is 334 g/mol. The van der Waals surface area contributed by atoms with E-state index in [1.54, 1.807) is 11.8 Å². The Kier molecular flexibility index (Phi) is 5.59. The molecule has 126 valence electrons. The van der Waals surface area contributed by atoms with Crippen molar-refractivity contribution in [1.29, 1.82) is 0 Å². The van der Waals surface area contributed by atoms with Crippen LogP contribution in [0.3, 0.4) is 0 Å². The zero-order valence-corrected chi connectivity index (χ0v) is 14.9. The number of fused-ring (bicyclic) bond motifs is 1. The van der Waals surface area contributed by atoms with E-state index >= 15 is 0 Å². The molecule has 3 rings (SSSR count). The Bertz CT molecular complexity index is 573. The summed E-state index contributed by atoms with van der Waals surface area (Å²) in [6.07, 6.45) is 2.24. The monoisotopic (exact) mass is 355 g/mol. The maximum absolute atomic E-state index is 12.2. The molecule has 0 aliphatic carbocycles. The van der Waals surface area contributed by atoms with E-state index in [-0.39, 0.29) is 5.91 Å². The van der Waals surface area contributed by atoms with Gasteiger partial charge in [0.05, 0.1) is 10.8 Å². The number of rotatable bonds is 4. The number of amides is 1. The Labute approximate surface area is 146 Å². The van der Waals surface area contributed by atoms with Crippen molar-refractivity contribution in [3.63, 3.8) is 0 Å². The third-order valence-electron chi connectivity index (χ3n) is 4.29. The summed E-state index contributed by atoms with van der Waals surface area (Å²) in [4.78, 5) is 14.2. The summed E-state index contributed by atoms with van der Waals surface area (Å²) in [5.74, 6) is 3.57. The van der Waals surface area contributed by atoms with E-state index in [2.05, 4.69) is 6.92 Å². The molecule has 6 heteroatoms. The number of hydrogen-bond donors (Lipinski definition) is 0. The van der Waals surface area contributed by atoms with Crippen LogP contribution in [0.4, 0.5) is 0 Å². The number of carbonyl (C=O) groups is 1. The van der Waals surface area contributed by atoms with Crippen LogP contribution in [-0.4, -0.2) is 42.9 Å². The highest BCUT2D eigenvalue weighted by molar-refractivity contribution is 7.99. The average Bonchev–Trinajstić information content (AvgIpc) is 2.55. The van der Waals surface area contributed by atoms with E-state index in [4.69, 9.17) is 21.1 Å². The minimum atomic E-state index is 0.241. The van der Waals surface area contributed by atoms with Crippen LogP contribution in [0, 0.1) is 5.92 Å². The van der Waals surface area contributed by atoms with Crippen LogP contribution < -0.4 is 9.47 Å². The molecule has 0 saturated carbocycles. The number of benzene rings is 1. The lowest BCUT2D eigenvalue weighted by Crippen LogP contribution is -2.38. The van der Waals surface area contributed by atoms with Crippen LogP contribution in [-0.2, 0) is 10.5 Å². The Morgan fingerprint density at radius 2 is 2.04 bits per heavy atom. The van der Waals surface area contributed by atoms with Crippen molar-refractivity contribution >= 4 is 29.3 Å². The summed E-state index contributed by atoms with van der Waals surface area (Å²) in [5, 5.41) is 0.578. The van der Waals surface area contributed by atoms with Crippen molar-refractivity contribution < 1.29 is 14.3 Å². The molecule has 1 aromatic carbocycles. The van der Waals surface area contributed by atoms with Crippen molar-refractivity contribution in [2.45, 2.75) is 25.5 Å². The van der Waals surface area contributed by atoms with Crippen molar-refractivity contribution in [1.82, 2.24) is 4.90 Å². The van der Waals surface area contributed by atoms with E-state index < -0.39 is 0 Å². The lowest BCUT2D eigenvalue weighted by Gasteiger charge is -2.30. The van der Waals surface area contributed by atoms with Gasteiger partial charge in [-0.2, -0.15) is 0 Å². The highest BCUT2D eigenvalue weighted by Gasteiger charge is 2.20. The van der Waals surface area contributed by atoms with Gasteiger partial charge in [-0.3, -0.25) is 4.79 Å². The molecule has 0 N–H and O–H groups in total. The fraction of sp³-hybridized carbons (Fsp3) is 0.588. The molecule has 0 atom stereocenters. The fourth-order valence-electron chi connectivity index (χ4n) is 2.85. The molecule has 4 nitrogen and oxygen atoms in total. The number of halogens is 1. The highest BCUT2D eigenvalue weighted by Crippen LogP contribution is 2.39. The van der Waals surface area contributed by atoms with Gasteiger partial charge in [0.2, 0.25) is 5.91 Å². The highest BCUT2D eigenvalue weighted by atomic mass is 35.5. The quantitative estimate of drug-likeness (QED) is 0.827. The number of thioether (sulfide) groups is 1. The van der Waals surface area contributed by atoms with Crippen molar-refractivity contribution in [3.8, 4) is 11.5 Å². The second-order valence-electron chi connectivity index (χ2n) is 6.16. The summed E-state index contributed by atoms with van der Waals surface area (Å²) < 4.78 is 11.1. The number of hydrogen-bond acceptors (Lipinski definition) is 4. The van der Waals surface area contributed by atoms with Gasteiger partial charge in [-0.25, -0.2) is 0 Å². The third-order valence-corrected chi connectivity index (χ3v) is 5.56. The zero-order chi connectivity index (χ0) is 16.2. The fourth-order valence-corrected chi connectivity index (χ4v) is 4.00. The predicted octanol–water partition coefficient (Wildman–Crippen LogP) is 3.60. The van der Waals surface area contributed by atoms with Gasteiger partial charge in [0.15, 0.2) is 11.5 Å². The van der Waals surface area contributed by atoms with E-state index in [9.17, 15) is 4.79 Å². The Hall–Kier alpha value is -1.07. The predicted molar refractivity (Wildman–Crippen MR) is 93.6 cm³/mol. The van der Waals surface area contributed by atoms with Crippen LogP contribution >= 0.6 is 23.4 Å². The molecule has 0 spiro atoms. The minimum Gasteiger partial charge on any atom is -0.486 e. The Morgan fingerprint density at radius 3 is 2.83 bits per heavy atom. The first-order valence-corrected chi connectivity index (χ1v) is 9.60. The summed E-state index contributed by atoms with van der Waals surface area (Å²) in [6, 6.07) is 3.86. The van der Waals surface area contributed by atoms with Crippen molar-refractivity contribution in [3.05, 3.63) is 22.7 Å². The molecule has 2 aliphatic rings. The zero-order valence-electron chi connectivity index (χ0n) is 13.3. The van der Waals surface area contributed by atoms with Crippen LogP contribution in [0.15, 0.2) is 12.1 Å². The lowest BCUT2D eigenvalue weighted by molar-refractivity contribution is -0.129. The smallest absolute Gasteiger partial charge is 0.232 e. The molecule has 0 aromatic heterocycles. The number of nitrogens with zero attached hydrogens (tertiary/aromatic N) is 1. The summed E-state index contributed by atoms with van der Waals surface area (Å²) >= 11 is 7.86. The molecule has 0 unspecified atom stereocenters. The molecule has 1 aromatic rings. The van der Waals surface area contributed by atoms with Gasteiger partial charge in [0.1, 0.15) is 13.2 Å². The topological polar surface area (TPSA) is 38.8 Å². The van der Waals surface area contributed by atoms with E-state index in [0.29, 0.717) is 35.5 Å². The first-order valence-electron chi connectivity index (χ1n) is 8.07. The number of carbonyl (C=O) groups excluding carboxylic acids is 1. The minimum absolute atomic E-state index is 0.241. The molecule has 0 bridgehead atoms. The molecule has 1 amide bonds. The number of ether oxygens (including phenoxy) is 2. The summed E-state index contributed by atoms with van der Waals surface area (Å²) in [7, 11) is 0. The number of piperidine rings is 1. The maximum atomic E-state index is 12.2. The standard InChI is InChI=1S/C17H22ClNO3S/c1-12-2-4-19(5-3-12)16(20)11-23-10-13-8-14(18)17-15(9-13)21-6-7-22-17/h8-9,12H,2-7,10-11H2,1H3. The molecular formula is C17H22ClNO3S. The van der Waals surface area contributed by atoms with Crippen LogP contribution in [0.25, 0.3) is 0 Å². The molecule has 1 fully saturated rings. The molecule has 2 heterocycles. The number of likely N-dealkylation sites (tertiary alicyclic amines) is 1. The van der Waals surface area contributed by atoms with Gasteiger partial charge in [-0.1, -0.05) is 18.5 Å². The summed E-state index contributed by atoms with van der Waals surface area (Å²) in [6.45, 7) is 5.13. The van der Waals surface area contributed by atoms with Gasteiger partial charge in [0.25, 0.3) is 0 Å². The van der Waals surface area contributed by atoms with Crippen LogP contribution in [0.2, 0.25) is 5.02 Å². The first-order chi connectivity index (χ1) is 11.1. The van der Waals surface area contributed by atoms with Gasteiger partial charge in [-0.15, -0.1) is 11.8 Å². The average molecular weight is 356 g/mol. The first kappa shape index (κ1) is 16.8. The SMILES string of the molecule is CC1CCN(C(=O)CSCc2cc(Cl)c3c(c2)OCCO3)CC1. The van der Waals surface area contributed by atoms with Gasteiger partial charge < -0.3 is 14.4 Å². The van der Waals surface area contributed by atoms with Gasteiger partial charge >= 0.3 is 0 Å². The van der Waals surface area contributed by atoms with Crippen LogP contribution in [0.5, 0.6) is 11.5 Å². The normalized spacial score (nSPS) is 18.1. The van der Waals surface area contributed by atoms with Crippen molar-refractivity contribution in [2.75, 3.05) is 32.1 Å². The Balaban J connectivity index is 1.51.